The van der Waals surface area contributed by atoms with Gasteiger partial charge in [0, 0.05) is 17.2 Å². The molecule has 22 heavy (non-hydrogen) atoms. The van der Waals surface area contributed by atoms with Gasteiger partial charge in [0.1, 0.15) is 0 Å². The fourth-order valence-electron chi connectivity index (χ4n) is 2.79. The van der Waals surface area contributed by atoms with E-state index in [-0.39, 0.29) is 5.92 Å². The van der Waals surface area contributed by atoms with E-state index in [4.69, 9.17) is 5.73 Å². The minimum atomic E-state index is -0.493. The molecule has 0 bridgehead atoms. The lowest BCUT2D eigenvalue weighted by Gasteiger charge is -2.26. The molecular weight excluding hydrogens is 276 g/mol. The minimum Gasteiger partial charge on any atom is -0.366 e. The monoisotopic (exact) mass is 292 g/mol. The maximum atomic E-state index is 11.3. The molecule has 0 aliphatic carbocycles. The molecule has 2 N–H and O–H groups in total. The summed E-state index contributed by atoms with van der Waals surface area (Å²) in [7, 11) is 0. The van der Waals surface area contributed by atoms with E-state index in [1.807, 2.05) is 6.07 Å². The molecule has 1 aliphatic heterocycles. The number of benzene rings is 1. The number of hydrogen-bond acceptors (Lipinski definition) is 4. The Bertz CT molecular complexity index is 762. The Morgan fingerprint density at radius 2 is 2.09 bits per heavy atom. The molecule has 0 radical (unpaired) electrons. The molecule has 2 atom stereocenters. The van der Waals surface area contributed by atoms with Crippen molar-refractivity contribution < 1.29 is 4.79 Å². The highest BCUT2D eigenvalue weighted by Crippen LogP contribution is 2.32. The number of nitrogens with zero attached hydrogens (tertiary/aromatic N) is 3. The fraction of sp³-hybridized carbons (Fsp3) is 0.294. The molecule has 1 aromatic carbocycles. The molecule has 1 aromatic rings. The Labute approximate surface area is 129 Å². The van der Waals surface area contributed by atoms with Crippen LogP contribution in [0.2, 0.25) is 0 Å². The van der Waals surface area contributed by atoms with Crippen LogP contribution in [0.1, 0.15) is 29.8 Å². The van der Waals surface area contributed by atoms with Crippen molar-refractivity contribution in [2.24, 2.45) is 22.6 Å². The van der Waals surface area contributed by atoms with Crippen LogP contribution in [0.4, 0.5) is 0 Å². The molecule has 0 saturated heterocycles. The van der Waals surface area contributed by atoms with Gasteiger partial charge in [0.15, 0.2) is 0 Å². The number of rotatable bonds is 3. The molecule has 2 rings (SSSR count). The molecule has 110 valence electrons. The van der Waals surface area contributed by atoms with E-state index in [9.17, 15) is 15.3 Å². The summed E-state index contributed by atoms with van der Waals surface area (Å²) in [6.07, 6.45) is 0.492. The maximum absolute atomic E-state index is 11.3. The van der Waals surface area contributed by atoms with Crippen molar-refractivity contribution in [3.05, 3.63) is 46.7 Å². The predicted molar refractivity (Wildman–Crippen MR) is 82.7 cm³/mol. The second kappa shape index (κ2) is 6.24. The van der Waals surface area contributed by atoms with Crippen molar-refractivity contribution in [3.8, 4) is 12.1 Å². The average Bonchev–Trinajstić information content (AvgIpc) is 2.48. The standard InChI is InChI=1S/C17H16N4O/c1-10-15(8-18)14(16(9-19)11(2)21-10)7-12-4-3-5-13(6-12)17(20)22/h3-6,14-15H,7H2,1-2H3,(H2,20,22). The summed E-state index contributed by atoms with van der Waals surface area (Å²) in [5.41, 5.74) is 8.49. The molecule has 5 nitrogen and oxygen atoms in total. The number of nitrogens with two attached hydrogens (primary N) is 1. The van der Waals surface area contributed by atoms with Gasteiger partial charge in [-0.3, -0.25) is 9.79 Å². The number of carbonyl (C=O) groups is 1. The van der Waals surface area contributed by atoms with Crippen LogP contribution in [-0.2, 0) is 6.42 Å². The molecular formula is C17H16N4O. The van der Waals surface area contributed by atoms with Crippen LogP contribution in [0.25, 0.3) is 0 Å². The molecule has 0 aromatic heterocycles. The first-order chi connectivity index (χ1) is 10.5. The van der Waals surface area contributed by atoms with E-state index in [0.717, 1.165) is 11.3 Å². The predicted octanol–water partition coefficient (Wildman–Crippen LogP) is 2.36. The molecule has 0 spiro atoms. The van der Waals surface area contributed by atoms with Crippen LogP contribution in [0.15, 0.2) is 40.5 Å². The van der Waals surface area contributed by atoms with Crippen LogP contribution >= 0.6 is 0 Å². The van der Waals surface area contributed by atoms with Gasteiger partial charge in [-0.2, -0.15) is 10.5 Å². The van der Waals surface area contributed by atoms with Gasteiger partial charge in [-0.05, 0) is 38.0 Å². The number of nitriles is 2. The van der Waals surface area contributed by atoms with Gasteiger partial charge < -0.3 is 5.73 Å². The van der Waals surface area contributed by atoms with E-state index in [1.165, 1.54) is 0 Å². The van der Waals surface area contributed by atoms with Crippen LogP contribution in [0, 0.1) is 34.5 Å². The lowest BCUT2D eigenvalue weighted by Crippen LogP contribution is -2.28. The Kier molecular flexibility index (Phi) is 4.39. The second-order valence-corrected chi connectivity index (χ2v) is 5.35. The summed E-state index contributed by atoms with van der Waals surface area (Å²) in [6, 6.07) is 11.4. The van der Waals surface area contributed by atoms with E-state index in [2.05, 4.69) is 17.1 Å². The van der Waals surface area contributed by atoms with E-state index in [1.54, 1.807) is 32.0 Å². The third-order valence-corrected chi connectivity index (χ3v) is 3.88. The molecule has 1 heterocycles. The van der Waals surface area contributed by atoms with E-state index >= 15 is 0 Å². The van der Waals surface area contributed by atoms with Crippen LogP contribution in [-0.4, -0.2) is 11.6 Å². The van der Waals surface area contributed by atoms with Crippen molar-refractivity contribution in [3.63, 3.8) is 0 Å². The zero-order valence-electron chi connectivity index (χ0n) is 12.5. The summed E-state index contributed by atoms with van der Waals surface area (Å²) in [6.45, 7) is 3.58. The third kappa shape index (κ3) is 2.89. The molecule has 5 heteroatoms. The van der Waals surface area contributed by atoms with Crippen molar-refractivity contribution >= 4 is 11.6 Å². The SMILES string of the molecule is CC1=NC(C)=C(C#N)C(Cc2cccc(C(N)=O)c2)C1C#N. The molecule has 0 saturated carbocycles. The van der Waals surface area contributed by atoms with Gasteiger partial charge in [-0.25, -0.2) is 0 Å². The largest absolute Gasteiger partial charge is 0.366 e. The van der Waals surface area contributed by atoms with E-state index < -0.39 is 11.8 Å². The Morgan fingerprint density at radius 1 is 1.36 bits per heavy atom. The molecule has 0 fully saturated rings. The van der Waals surface area contributed by atoms with Crippen molar-refractivity contribution in [1.82, 2.24) is 0 Å². The van der Waals surface area contributed by atoms with Crippen LogP contribution < -0.4 is 5.73 Å². The Morgan fingerprint density at radius 3 is 2.68 bits per heavy atom. The number of allylic oxidation sites excluding steroid dienone is 2. The van der Waals surface area contributed by atoms with Crippen molar-refractivity contribution in [2.45, 2.75) is 20.3 Å². The van der Waals surface area contributed by atoms with Gasteiger partial charge in [-0.15, -0.1) is 0 Å². The lowest BCUT2D eigenvalue weighted by molar-refractivity contribution is 0.1000. The maximum Gasteiger partial charge on any atom is 0.248 e. The Hall–Kier alpha value is -2.92. The van der Waals surface area contributed by atoms with Crippen molar-refractivity contribution in [1.29, 1.82) is 10.5 Å². The van der Waals surface area contributed by atoms with Gasteiger partial charge in [0.05, 0.1) is 29.3 Å². The van der Waals surface area contributed by atoms with Gasteiger partial charge in [0.2, 0.25) is 5.91 Å². The summed E-state index contributed by atoms with van der Waals surface area (Å²) in [5, 5.41) is 18.8. The lowest BCUT2D eigenvalue weighted by atomic mass is 9.77. The first kappa shape index (κ1) is 15.5. The number of amides is 1. The quantitative estimate of drug-likeness (QED) is 0.924. The first-order valence-corrected chi connectivity index (χ1v) is 6.92. The minimum absolute atomic E-state index is 0.254. The summed E-state index contributed by atoms with van der Waals surface area (Å²) in [4.78, 5) is 15.6. The van der Waals surface area contributed by atoms with Gasteiger partial charge in [0.25, 0.3) is 0 Å². The zero-order chi connectivity index (χ0) is 16.3. The van der Waals surface area contributed by atoms with E-state index in [0.29, 0.717) is 23.3 Å². The van der Waals surface area contributed by atoms with Crippen LogP contribution in [0.3, 0.4) is 0 Å². The number of aliphatic imine (C=N–C) groups is 1. The molecule has 1 aliphatic rings. The molecule has 1 amide bonds. The smallest absolute Gasteiger partial charge is 0.248 e. The summed E-state index contributed by atoms with van der Waals surface area (Å²) in [5.74, 6) is -1.18. The summed E-state index contributed by atoms with van der Waals surface area (Å²) < 4.78 is 0. The number of hydrogen-bond donors (Lipinski definition) is 1. The van der Waals surface area contributed by atoms with Crippen LogP contribution in [0.5, 0.6) is 0 Å². The van der Waals surface area contributed by atoms with Crippen molar-refractivity contribution in [2.75, 3.05) is 0 Å². The normalized spacial score (nSPS) is 20.8. The Balaban J connectivity index is 2.40. The molecule has 2 unspecified atom stereocenters. The van der Waals surface area contributed by atoms with Gasteiger partial charge >= 0.3 is 0 Å². The highest BCUT2D eigenvalue weighted by atomic mass is 16.1. The third-order valence-electron chi connectivity index (χ3n) is 3.88. The highest BCUT2D eigenvalue weighted by Gasteiger charge is 2.32. The number of carbonyl (C=O) groups excluding carboxylic acids is 1. The summed E-state index contributed by atoms with van der Waals surface area (Å²) >= 11 is 0. The van der Waals surface area contributed by atoms with Gasteiger partial charge in [-0.1, -0.05) is 12.1 Å². The first-order valence-electron chi connectivity index (χ1n) is 6.92. The fourth-order valence-corrected chi connectivity index (χ4v) is 2.79. The zero-order valence-corrected chi connectivity index (χ0v) is 12.5. The highest BCUT2D eigenvalue weighted by molar-refractivity contribution is 5.93. The number of primary amides is 1. The second-order valence-electron chi connectivity index (χ2n) is 5.35. The average molecular weight is 292 g/mol. The topological polar surface area (TPSA) is 103 Å².